The predicted molar refractivity (Wildman–Crippen MR) is 144 cm³/mol. The Morgan fingerprint density at radius 3 is 1.75 bits per heavy atom. The molecular weight excluding hydrogens is 496 g/mol. The fraction of sp³-hybridized carbons (Fsp3) is 0.385. The van der Waals surface area contributed by atoms with Crippen molar-refractivity contribution in [2.75, 3.05) is 9.44 Å². The smallest absolute Gasteiger partial charge is 0.264 e. The molecule has 0 amide bonds. The summed E-state index contributed by atoms with van der Waals surface area (Å²) in [6.45, 7) is 13.8. The summed E-state index contributed by atoms with van der Waals surface area (Å²) < 4.78 is 57.7. The first-order valence-electron chi connectivity index (χ1n) is 11.8. The van der Waals surface area contributed by atoms with Gasteiger partial charge in [-0.25, -0.2) is 31.5 Å². The van der Waals surface area contributed by atoms with E-state index in [-0.39, 0.29) is 39.2 Å². The van der Waals surface area contributed by atoms with Crippen molar-refractivity contribution in [2.45, 2.75) is 76.0 Å². The zero-order chi connectivity index (χ0) is 26.8. The number of nitrogens with zero attached hydrogens (tertiary/aromatic N) is 2. The van der Waals surface area contributed by atoms with E-state index in [1.54, 1.807) is 13.0 Å². The summed E-state index contributed by atoms with van der Waals surface area (Å²) in [5.41, 5.74) is 3.51. The van der Waals surface area contributed by atoms with Crippen LogP contribution in [0.1, 0.15) is 81.7 Å². The zero-order valence-corrected chi connectivity index (χ0v) is 23.3. The lowest BCUT2D eigenvalue weighted by atomic mass is 9.89. The van der Waals surface area contributed by atoms with Crippen LogP contribution in [0.2, 0.25) is 0 Å². The van der Waals surface area contributed by atoms with E-state index >= 15 is 0 Å². The molecule has 1 heterocycles. The molecule has 0 unspecified atom stereocenters. The lowest BCUT2D eigenvalue weighted by Gasteiger charge is -2.23. The molecule has 0 atom stereocenters. The van der Waals surface area contributed by atoms with E-state index < -0.39 is 20.0 Å². The van der Waals surface area contributed by atoms with Gasteiger partial charge in [-0.2, -0.15) is 0 Å². The van der Waals surface area contributed by atoms with Crippen molar-refractivity contribution in [1.82, 2.24) is 9.97 Å². The molecule has 0 fully saturated rings. The SMILES string of the molecule is Cc1ccnc(NS(=O)(=O)c2ccc(NS(=O)(=O)c3c(C(C)C)cc(C(C)C)cc3C(C)C)cc2)n1. The Bertz CT molecular complexity index is 1420. The Kier molecular flexibility index (Phi) is 8.10. The highest BCUT2D eigenvalue weighted by molar-refractivity contribution is 7.93. The van der Waals surface area contributed by atoms with E-state index in [2.05, 4.69) is 33.3 Å². The third-order valence-corrected chi connectivity index (χ3v) is 8.64. The van der Waals surface area contributed by atoms with Gasteiger partial charge in [-0.15, -0.1) is 0 Å². The Morgan fingerprint density at radius 1 is 0.722 bits per heavy atom. The van der Waals surface area contributed by atoms with Crippen LogP contribution in [0.4, 0.5) is 11.6 Å². The fourth-order valence-electron chi connectivity index (χ4n) is 3.79. The van der Waals surface area contributed by atoms with Crippen LogP contribution in [0.5, 0.6) is 0 Å². The number of hydrogen-bond acceptors (Lipinski definition) is 6. The van der Waals surface area contributed by atoms with E-state index in [4.69, 9.17) is 0 Å². The van der Waals surface area contributed by atoms with E-state index in [1.807, 2.05) is 39.8 Å². The van der Waals surface area contributed by atoms with Crippen LogP contribution < -0.4 is 9.44 Å². The lowest BCUT2D eigenvalue weighted by molar-refractivity contribution is 0.595. The number of anilines is 2. The predicted octanol–water partition coefficient (Wildman–Crippen LogP) is 5.76. The normalized spacial score (nSPS) is 12.4. The molecule has 194 valence electrons. The molecule has 0 radical (unpaired) electrons. The van der Waals surface area contributed by atoms with Crippen LogP contribution >= 0.6 is 0 Å². The highest BCUT2D eigenvalue weighted by Crippen LogP contribution is 2.36. The number of rotatable bonds is 9. The molecule has 2 N–H and O–H groups in total. The average Bonchev–Trinajstić information content (AvgIpc) is 2.77. The largest absolute Gasteiger partial charge is 0.280 e. The zero-order valence-electron chi connectivity index (χ0n) is 21.7. The molecule has 1 aromatic heterocycles. The van der Waals surface area contributed by atoms with Crippen LogP contribution in [0.3, 0.4) is 0 Å². The first kappa shape index (κ1) is 27.6. The molecule has 3 rings (SSSR count). The fourth-order valence-corrected chi connectivity index (χ4v) is 6.49. The second-order valence-corrected chi connectivity index (χ2v) is 13.1. The van der Waals surface area contributed by atoms with Crippen LogP contribution in [0.25, 0.3) is 0 Å². The summed E-state index contributed by atoms with van der Waals surface area (Å²) in [4.78, 5) is 8.22. The molecule has 0 aliphatic heterocycles. The molecule has 0 aliphatic rings. The number of nitrogens with one attached hydrogen (secondary N) is 2. The van der Waals surface area contributed by atoms with Gasteiger partial charge in [0.25, 0.3) is 20.0 Å². The standard InChI is InChI=1S/C26H34N4O4S2/c1-16(2)20-14-23(17(3)4)25(24(15-20)18(5)6)36(33,34)29-21-8-10-22(11-9-21)35(31,32)30-26-27-13-12-19(7)28-26/h8-18,29H,1-7H3,(H,27,28,30). The second kappa shape index (κ2) is 10.6. The Hall–Kier alpha value is -2.98. The quantitative estimate of drug-likeness (QED) is 0.363. The van der Waals surface area contributed by atoms with Crippen molar-refractivity contribution in [3.63, 3.8) is 0 Å². The lowest BCUT2D eigenvalue weighted by Crippen LogP contribution is -2.19. The average molecular weight is 531 g/mol. The van der Waals surface area contributed by atoms with Crippen molar-refractivity contribution in [1.29, 1.82) is 0 Å². The van der Waals surface area contributed by atoms with E-state index in [0.717, 1.165) is 16.7 Å². The van der Waals surface area contributed by atoms with Gasteiger partial charge < -0.3 is 0 Å². The molecule has 2 aromatic carbocycles. The Morgan fingerprint density at radius 2 is 1.28 bits per heavy atom. The summed E-state index contributed by atoms with van der Waals surface area (Å²) in [6, 6.07) is 11.1. The number of aryl methyl sites for hydroxylation is 1. The monoisotopic (exact) mass is 530 g/mol. The van der Waals surface area contributed by atoms with Gasteiger partial charge >= 0.3 is 0 Å². The minimum Gasteiger partial charge on any atom is -0.280 e. The van der Waals surface area contributed by atoms with Gasteiger partial charge in [-0.3, -0.25) is 4.72 Å². The van der Waals surface area contributed by atoms with Crippen molar-refractivity contribution >= 4 is 31.7 Å². The van der Waals surface area contributed by atoms with Gasteiger partial charge in [-0.05, 0) is 71.7 Å². The Balaban J connectivity index is 1.95. The minimum absolute atomic E-state index is 0.00443. The molecule has 0 aliphatic carbocycles. The first-order valence-corrected chi connectivity index (χ1v) is 14.8. The van der Waals surface area contributed by atoms with Crippen molar-refractivity contribution in [2.24, 2.45) is 0 Å². The summed E-state index contributed by atoms with van der Waals surface area (Å²) in [7, 11) is -7.89. The van der Waals surface area contributed by atoms with E-state index in [1.165, 1.54) is 30.5 Å². The Labute approximate surface area is 214 Å². The third-order valence-electron chi connectivity index (χ3n) is 5.79. The van der Waals surface area contributed by atoms with E-state index in [0.29, 0.717) is 5.69 Å². The number of sulfonamides is 2. The molecule has 0 saturated carbocycles. The van der Waals surface area contributed by atoms with Gasteiger partial charge in [-0.1, -0.05) is 53.7 Å². The summed E-state index contributed by atoms with van der Waals surface area (Å²) in [5, 5.41) is 0. The number of benzene rings is 2. The van der Waals surface area contributed by atoms with E-state index in [9.17, 15) is 16.8 Å². The molecule has 36 heavy (non-hydrogen) atoms. The van der Waals surface area contributed by atoms with Gasteiger partial charge in [0.15, 0.2) is 0 Å². The first-order chi connectivity index (χ1) is 16.7. The molecule has 10 heteroatoms. The van der Waals surface area contributed by atoms with Crippen LogP contribution in [0.15, 0.2) is 58.5 Å². The van der Waals surface area contributed by atoms with Crippen molar-refractivity contribution in [3.8, 4) is 0 Å². The summed E-state index contributed by atoms with van der Waals surface area (Å²) in [6.07, 6.45) is 1.46. The van der Waals surface area contributed by atoms with Crippen LogP contribution in [-0.2, 0) is 20.0 Å². The molecule has 3 aromatic rings. The van der Waals surface area contributed by atoms with Gasteiger partial charge in [0.1, 0.15) is 0 Å². The van der Waals surface area contributed by atoms with Crippen LogP contribution in [-0.4, -0.2) is 26.8 Å². The summed E-state index contributed by atoms with van der Waals surface area (Å²) >= 11 is 0. The van der Waals surface area contributed by atoms with Gasteiger partial charge in [0, 0.05) is 17.6 Å². The summed E-state index contributed by atoms with van der Waals surface area (Å²) in [5.74, 6) is 0.218. The topological polar surface area (TPSA) is 118 Å². The molecule has 0 spiro atoms. The van der Waals surface area contributed by atoms with Crippen molar-refractivity contribution in [3.05, 3.63) is 71.0 Å². The van der Waals surface area contributed by atoms with Crippen molar-refractivity contribution < 1.29 is 16.8 Å². The molecule has 8 nitrogen and oxygen atoms in total. The van der Waals surface area contributed by atoms with Gasteiger partial charge in [0.2, 0.25) is 5.95 Å². The maximum absolute atomic E-state index is 13.6. The highest BCUT2D eigenvalue weighted by Gasteiger charge is 2.27. The number of aromatic nitrogens is 2. The molecule has 0 saturated heterocycles. The minimum atomic E-state index is -3.94. The van der Waals surface area contributed by atoms with Gasteiger partial charge in [0.05, 0.1) is 9.79 Å². The molecular formula is C26H34N4O4S2. The van der Waals surface area contributed by atoms with Crippen LogP contribution in [0, 0.1) is 6.92 Å². The molecule has 0 bridgehead atoms. The number of hydrogen-bond donors (Lipinski definition) is 2. The maximum Gasteiger partial charge on any atom is 0.264 e. The second-order valence-electron chi connectivity index (χ2n) is 9.75. The maximum atomic E-state index is 13.6. The third kappa shape index (κ3) is 6.22. The highest BCUT2D eigenvalue weighted by atomic mass is 32.2.